The fraction of sp³-hybridized carbons (Fsp3) is 0.600. The molecule has 0 N–H and O–H groups in total. The smallest absolute Gasteiger partial charge is 0.242 e. The second-order valence-electron chi connectivity index (χ2n) is 9.23. The van der Waals surface area contributed by atoms with Crippen molar-refractivity contribution in [1.29, 1.82) is 0 Å². The van der Waals surface area contributed by atoms with E-state index in [-0.39, 0.29) is 10.8 Å². The van der Waals surface area contributed by atoms with Crippen LogP contribution in [0.1, 0.15) is 58.2 Å². The molecule has 1 nitrogen and oxygen atoms in total. The number of rotatable bonds is 4. The minimum absolute atomic E-state index is 0.0617. The molecule has 0 saturated carbocycles. The number of allylic oxidation sites excluding steroid dienone is 1. The van der Waals surface area contributed by atoms with E-state index < -0.39 is 8.32 Å². The zero-order chi connectivity index (χ0) is 17.3. The molecule has 1 aromatic rings. The van der Waals surface area contributed by atoms with Crippen molar-refractivity contribution < 1.29 is 4.43 Å². The van der Waals surface area contributed by atoms with Gasteiger partial charge in [-0.15, -0.1) is 6.58 Å². The highest BCUT2D eigenvalue weighted by Crippen LogP contribution is 2.41. The standard InChI is InChI=1S/C20H34OSi/c1-11-12-15-13-16(19(2,3)4)18(21-22(8,9)10)17(14-15)20(5,6)7/h11,13-14H,1,12H2,2-10H3. The van der Waals surface area contributed by atoms with Crippen LogP contribution in [0.25, 0.3) is 0 Å². The van der Waals surface area contributed by atoms with Crippen LogP contribution >= 0.6 is 0 Å². The molecule has 0 spiro atoms. The highest BCUT2D eigenvalue weighted by molar-refractivity contribution is 6.70. The second-order valence-corrected chi connectivity index (χ2v) is 13.7. The van der Waals surface area contributed by atoms with Gasteiger partial charge in [0.1, 0.15) is 5.75 Å². The van der Waals surface area contributed by atoms with Crippen molar-refractivity contribution >= 4 is 8.32 Å². The number of hydrogen-bond acceptors (Lipinski definition) is 1. The quantitative estimate of drug-likeness (QED) is 0.473. The molecule has 0 aliphatic heterocycles. The van der Waals surface area contributed by atoms with Gasteiger partial charge in [0.15, 0.2) is 0 Å². The van der Waals surface area contributed by atoms with Crippen LogP contribution < -0.4 is 4.43 Å². The van der Waals surface area contributed by atoms with Crippen molar-refractivity contribution in [3.8, 4) is 5.75 Å². The Bertz CT molecular complexity index is 501. The molecule has 0 radical (unpaired) electrons. The summed E-state index contributed by atoms with van der Waals surface area (Å²) in [6.45, 7) is 24.3. The summed E-state index contributed by atoms with van der Waals surface area (Å²) in [4.78, 5) is 0. The lowest BCUT2D eigenvalue weighted by atomic mass is 9.78. The highest BCUT2D eigenvalue weighted by Gasteiger charge is 2.30. The van der Waals surface area contributed by atoms with Crippen molar-refractivity contribution in [3.63, 3.8) is 0 Å². The minimum atomic E-state index is -1.67. The fourth-order valence-corrected chi connectivity index (χ4v) is 3.34. The van der Waals surface area contributed by atoms with Gasteiger partial charge in [0.05, 0.1) is 0 Å². The van der Waals surface area contributed by atoms with E-state index in [9.17, 15) is 0 Å². The molecule has 0 aromatic heterocycles. The van der Waals surface area contributed by atoms with Crippen molar-refractivity contribution in [2.75, 3.05) is 0 Å². The van der Waals surface area contributed by atoms with Gasteiger partial charge in [0, 0.05) is 0 Å². The molecule has 22 heavy (non-hydrogen) atoms. The van der Waals surface area contributed by atoms with Gasteiger partial charge in [-0.1, -0.05) is 59.8 Å². The van der Waals surface area contributed by atoms with E-state index in [1.807, 2.05) is 6.08 Å². The second kappa shape index (κ2) is 6.23. The molecule has 0 fully saturated rings. The van der Waals surface area contributed by atoms with Crippen LogP contribution in [0.5, 0.6) is 5.75 Å². The maximum Gasteiger partial charge on any atom is 0.242 e. The third kappa shape index (κ3) is 5.01. The van der Waals surface area contributed by atoms with Gasteiger partial charge < -0.3 is 4.43 Å². The predicted octanol–water partition coefficient (Wildman–Crippen LogP) is 6.22. The maximum atomic E-state index is 6.56. The van der Waals surface area contributed by atoms with Crippen LogP contribution in [0.15, 0.2) is 24.8 Å². The first-order chi connectivity index (χ1) is 9.75. The Kier molecular flexibility index (Phi) is 5.39. The summed E-state index contributed by atoms with van der Waals surface area (Å²) < 4.78 is 6.56. The van der Waals surface area contributed by atoms with Gasteiger partial charge in [-0.3, -0.25) is 0 Å². The first-order valence-electron chi connectivity index (χ1n) is 8.23. The lowest BCUT2D eigenvalue weighted by Crippen LogP contribution is -2.33. The first kappa shape index (κ1) is 19.0. The molecular formula is C20H34OSi. The summed E-state index contributed by atoms with van der Waals surface area (Å²) in [5.74, 6) is 1.12. The van der Waals surface area contributed by atoms with E-state index in [0.29, 0.717) is 0 Å². The van der Waals surface area contributed by atoms with Crippen LogP contribution in [0.2, 0.25) is 19.6 Å². The van der Waals surface area contributed by atoms with Gasteiger partial charge in [0.25, 0.3) is 0 Å². The summed E-state index contributed by atoms with van der Waals surface area (Å²) in [5.41, 5.74) is 4.09. The Morgan fingerprint density at radius 1 is 0.955 bits per heavy atom. The third-order valence-electron chi connectivity index (χ3n) is 3.55. The fourth-order valence-electron chi connectivity index (χ4n) is 2.50. The number of benzene rings is 1. The minimum Gasteiger partial charge on any atom is -0.544 e. The topological polar surface area (TPSA) is 9.23 Å². The lowest BCUT2D eigenvalue weighted by Gasteiger charge is -2.34. The van der Waals surface area contributed by atoms with E-state index in [1.165, 1.54) is 16.7 Å². The Balaban J connectivity index is 3.70. The summed E-state index contributed by atoms with van der Waals surface area (Å²) in [5, 5.41) is 0. The molecule has 0 unspecified atom stereocenters. The molecule has 0 aliphatic rings. The van der Waals surface area contributed by atoms with E-state index >= 15 is 0 Å². The van der Waals surface area contributed by atoms with Gasteiger partial charge in [0.2, 0.25) is 8.32 Å². The molecule has 0 atom stereocenters. The monoisotopic (exact) mass is 318 g/mol. The predicted molar refractivity (Wildman–Crippen MR) is 102 cm³/mol. The molecular weight excluding hydrogens is 284 g/mol. The Morgan fingerprint density at radius 3 is 1.64 bits per heavy atom. The zero-order valence-electron chi connectivity index (χ0n) is 16.1. The summed E-state index contributed by atoms with van der Waals surface area (Å²) >= 11 is 0. The van der Waals surface area contributed by atoms with Crippen LogP contribution in [0.3, 0.4) is 0 Å². The molecule has 0 heterocycles. The highest BCUT2D eigenvalue weighted by atomic mass is 28.4. The van der Waals surface area contributed by atoms with Gasteiger partial charge in [-0.2, -0.15) is 0 Å². The molecule has 2 heteroatoms. The van der Waals surface area contributed by atoms with Crippen molar-refractivity contribution in [3.05, 3.63) is 41.5 Å². The maximum absolute atomic E-state index is 6.56. The SMILES string of the molecule is C=CCc1cc(C(C)(C)C)c(O[Si](C)(C)C)c(C(C)(C)C)c1. The van der Waals surface area contributed by atoms with Crippen LogP contribution in [-0.4, -0.2) is 8.32 Å². The van der Waals surface area contributed by atoms with Crippen molar-refractivity contribution in [1.82, 2.24) is 0 Å². The van der Waals surface area contributed by atoms with E-state index in [1.54, 1.807) is 0 Å². The molecule has 124 valence electrons. The first-order valence-corrected chi connectivity index (χ1v) is 11.6. The Morgan fingerprint density at radius 2 is 1.36 bits per heavy atom. The Hall–Kier alpha value is -1.02. The van der Waals surface area contributed by atoms with Crippen molar-refractivity contribution in [2.45, 2.75) is 78.4 Å². The molecule has 0 saturated heterocycles. The van der Waals surface area contributed by atoms with Crippen molar-refractivity contribution in [2.24, 2.45) is 0 Å². The van der Waals surface area contributed by atoms with Crippen LogP contribution in [0.4, 0.5) is 0 Å². The number of hydrogen-bond donors (Lipinski definition) is 0. The summed E-state index contributed by atoms with van der Waals surface area (Å²) in [6.07, 6.45) is 2.88. The van der Waals surface area contributed by atoms with E-state index in [2.05, 4.69) is 79.9 Å². The summed E-state index contributed by atoms with van der Waals surface area (Å²) in [7, 11) is -1.67. The largest absolute Gasteiger partial charge is 0.544 e. The van der Waals surface area contributed by atoms with Gasteiger partial charge in [-0.25, -0.2) is 0 Å². The average molecular weight is 319 g/mol. The molecule has 0 aliphatic carbocycles. The summed E-state index contributed by atoms with van der Waals surface area (Å²) in [6, 6.07) is 4.62. The molecule has 0 bridgehead atoms. The van der Waals surface area contributed by atoms with E-state index in [0.717, 1.165) is 12.2 Å². The zero-order valence-corrected chi connectivity index (χ0v) is 17.1. The van der Waals surface area contributed by atoms with Crippen LogP contribution in [0, 0.1) is 0 Å². The third-order valence-corrected chi connectivity index (χ3v) is 4.37. The molecule has 1 aromatic carbocycles. The van der Waals surface area contributed by atoms with E-state index in [4.69, 9.17) is 4.43 Å². The molecule has 1 rings (SSSR count). The molecule has 0 amide bonds. The van der Waals surface area contributed by atoms with Crippen LogP contribution in [-0.2, 0) is 17.3 Å². The average Bonchev–Trinajstić information content (AvgIpc) is 2.26. The Labute approximate surface area is 138 Å². The van der Waals surface area contributed by atoms with Gasteiger partial charge in [-0.05, 0) is 53.6 Å². The normalized spacial score (nSPS) is 13.1. The van der Waals surface area contributed by atoms with Gasteiger partial charge >= 0.3 is 0 Å². The lowest BCUT2D eigenvalue weighted by molar-refractivity contribution is 0.477.